The number of nitrogens with zero attached hydrogens (tertiary/aromatic N) is 2. The van der Waals surface area contributed by atoms with Gasteiger partial charge in [0.2, 0.25) is 5.91 Å². The number of hydrogen-bond donors (Lipinski definition) is 1. The van der Waals surface area contributed by atoms with Crippen LogP contribution in [0.2, 0.25) is 0 Å². The van der Waals surface area contributed by atoms with Gasteiger partial charge in [-0.05, 0) is 19.8 Å². The molecule has 0 unspecified atom stereocenters. The van der Waals surface area contributed by atoms with Gasteiger partial charge < -0.3 is 10.6 Å². The van der Waals surface area contributed by atoms with Crippen LogP contribution in [0.1, 0.15) is 42.8 Å². The topological polar surface area (TPSA) is 59.2 Å². The van der Waals surface area contributed by atoms with Gasteiger partial charge in [-0.2, -0.15) is 0 Å². The van der Waals surface area contributed by atoms with Crippen molar-refractivity contribution in [2.24, 2.45) is 11.1 Å². The van der Waals surface area contributed by atoms with Crippen LogP contribution in [0.25, 0.3) is 0 Å². The minimum absolute atomic E-state index is 0.0513. The van der Waals surface area contributed by atoms with Gasteiger partial charge in [-0.3, -0.25) is 4.79 Å². The molecule has 110 valence electrons. The van der Waals surface area contributed by atoms with Crippen LogP contribution < -0.4 is 5.73 Å². The number of thiocarbonyl (C=S) groups is 1. The second-order valence-corrected chi connectivity index (χ2v) is 7.03. The monoisotopic (exact) mass is 311 g/mol. The van der Waals surface area contributed by atoms with E-state index < -0.39 is 5.41 Å². The van der Waals surface area contributed by atoms with E-state index in [4.69, 9.17) is 18.0 Å². The van der Waals surface area contributed by atoms with E-state index in [2.05, 4.69) is 4.98 Å². The third-order valence-electron chi connectivity index (χ3n) is 4.00. The lowest BCUT2D eigenvalue weighted by atomic mass is 9.73. The number of amides is 1. The number of carbonyl (C=O) groups excluding carboxylic acids is 1. The van der Waals surface area contributed by atoms with E-state index in [9.17, 15) is 4.79 Å². The molecular weight excluding hydrogens is 290 g/mol. The molecule has 1 aromatic heterocycles. The Balaban J connectivity index is 2.12. The molecule has 1 aliphatic rings. The molecule has 4 nitrogen and oxygen atoms in total. The molecule has 2 N–H and O–H groups in total. The Hall–Kier alpha value is -1.01. The molecule has 1 aliphatic carbocycles. The first-order valence-electron chi connectivity index (χ1n) is 6.92. The summed E-state index contributed by atoms with van der Waals surface area (Å²) in [4.78, 5) is 19.3. The highest BCUT2D eigenvalue weighted by atomic mass is 32.1. The van der Waals surface area contributed by atoms with Crippen molar-refractivity contribution in [3.05, 3.63) is 16.1 Å². The van der Waals surface area contributed by atoms with E-state index in [1.165, 1.54) is 0 Å². The standard InChI is InChI=1S/C14H21N3OS2/c1-10-16-11(9-20-10)8-17(2)13(18)14(12(15)19)6-4-3-5-7-14/h9H,3-8H2,1-2H3,(H2,15,19). The summed E-state index contributed by atoms with van der Waals surface area (Å²) in [6.07, 6.45) is 4.76. The second-order valence-electron chi connectivity index (χ2n) is 5.53. The maximum absolute atomic E-state index is 12.8. The number of nitrogens with two attached hydrogens (primary N) is 1. The number of carbonyl (C=O) groups is 1. The van der Waals surface area contributed by atoms with Gasteiger partial charge in [0.25, 0.3) is 0 Å². The molecule has 1 saturated carbocycles. The van der Waals surface area contributed by atoms with Gasteiger partial charge in [-0.15, -0.1) is 11.3 Å². The minimum Gasteiger partial charge on any atom is -0.392 e. The van der Waals surface area contributed by atoms with Crippen LogP contribution in [0.3, 0.4) is 0 Å². The van der Waals surface area contributed by atoms with Crippen LogP contribution >= 0.6 is 23.6 Å². The maximum atomic E-state index is 12.8. The molecular formula is C14H21N3OS2. The predicted molar refractivity (Wildman–Crippen MR) is 85.6 cm³/mol. The van der Waals surface area contributed by atoms with E-state index >= 15 is 0 Å². The van der Waals surface area contributed by atoms with Crippen LogP contribution in [0, 0.1) is 12.3 Å². The predicted octanol–water partition coefficient (Wildman–Crippen LogP) is 2.65. The first-order valence-corrected chi connectivity index (χ1v) is 8.21. The third-order valence-corrected chi connectivity index (χ3v) is 5.21. The Labute approximate surface area is 129 Å². The molecule has 1 aromatic rings. The Morgan fingerprint density at radius 2 is 2.15 bits per heavy atom. The summed E-state index contributed by atoms with van der Waals surface area (Å²) in [6.45, 7) is 2.49. The molecule has 1 amide bonds. The van der Waals surface area contributed by atoms with Gasteiger partial charge in [-0.25, -0.2) is 4.98 Å². The van der Waals surface area contributed by atoms with Crippen molar-refractivity contribution in [2.45, 2.75) is 45.6 Å². The van der Waals surface area contributed by atoms with Gasteiger partial charge in [0.05, 0.1) is 27.6 Å². The highest BCUT2D eigenvalue weighted by molar-refractivity contribution is 7.80. The van der Waals surface area contributed by atoms with E-state index in [1.807, 2.05) is 19.4 Å². The molecule has 0 radical (unpaired) electrons. The molecule has 0 aromatic carbocycles. The highest BCUT2D eigenvalue weighted by Crippen LogP contribution is 2.38. The highest BCUT2D eigenvalue weighted by Gasteiger charge is 2.43. The first-order chi connectivity index (χ1) is 9.45. The molecule has 1 fully saturated rings. The molecule has 0 atom stereocenters. The zero-order chi connectivity index (χ0) is 14.8. The van der Waals surface area contributed by atoms with Crippen molar-refractivity contribution in [1.82, 2.24) is 9.88 Å². The molecule has 6 heteroatoms. The number of hydrogen-bond acceptors (Lipinski definition) is 4. The summed E-state index contributed by atoms with van der Waals surface area (Å²) in [5.74, 6) is 0.0513. The van der Waals surface area contributed by atoms with Crippen LogP contribution in [0.15, 0.2) is 5.38 Å². The maximum Gasteiger partial charge on any atom is 0.235 e. The summed E-state index contributed by atoms with van der Waals surface area (Å²) in [7, 11) is 1.81. The Kier molecular flexibility index (Phi) is 4.75. The Morgan fingerprint density at radius 1 is 1.50 bits per heavy atom. The fraction of sp³-hybridized carbons (Fsp3) is 0.643. The van der Waals surface area contributed by atoms with Crippen LogP contribution in [0.5, 0.6) is 0 Å². The van der Waals surface area contributed by atoms with Gasteiger partial charge in [0.1, 0.15) is 0 Å². The molecule has 0 saturated heterocycles. The minimum atomic E-state index is -0.632. The number of thiazole rings is 1. The van der Waals surface area contributed by atoms with E-state index in [1.54, 1.807) is 16.2 Å². The number of rotatable bonds is 4. The van der Waals surface area contributed by atoms with Crippen LogP contribution in [-0.2, 0) is 11.3 Å². The van der Waals surface area contributed by atoms with Crippen molar-refractivity contribution in [3.63, 3.8) is 0 Å². The quantitative estimate of drug-likeness (QED) is 0.869. The average Bonchev–Trinajstić information content (AvgIpc) is 2.83. The zero-order valence-electron chi connectivity index (χ0n) is 12.0. The molecule has 0 spiro atoms. The van der Waals surface area contributed by atoms with E-state index in [-0.39, 0.29) is 5.91 Å². The Bertz CT molecular complexity index is 506. The fourth-order valence-electron chi connectivity index (χ4n) is 2.88. The van der Waals surface area contributed by atoms with Crippen molar-refractivity contribution in [1.29, 1.82) is 0 Å². The summed E-state index contributed by atoms with van der Waals surface area (Å²) in [6, 6.07) is 0. The lowest BCUT2D eigenvalue weighted by Crippen LogP contribution is -2.50. The SMILES string of the molecule is Cc1nc(CN(C)C(=O)C2(C(N)=S)CCCCC2)cs1. The van der Waals surface area contributed by atoms with Crippen LogP contribution in [0.4, 0.5) is 0 Å². The molecule has 1 heterocycles. The third kappa shape index (κ3) is 3.01. The van der Waals surface area contributed by atoms with Crippen molar-refractivity contribution < 1.29 is 4.79 Å². The molecule has 20 heavy (non-hydrogen) atoms. The molecule has 2 rings (SSSR count). The smallest absolute Gasteiger partial charge is 0.235 e. The van der Waals surface area contributed by atoms with Gasteiger partial charge in [0.15, 0.2) is 0 Å². The Morgan fingerprint density at radius 3 is 2.65 bits per heavy atom. The number of aromatic nitrogens is 1. The van der Waals surface area contributed by atoms with Gasteiger partial charge in [0, 0.05) is 12.4 Å². The van der Waals surface area contributed by atoms with Crippen LogP contribution in [-0.4, -0.2) is 27.8 Å². The zero-order valence-corrected chi connectivity index (χ0v) is 13.6. The normalized spacial score (nSPS) is 17.7. The van der Waals surface area contributed by atoms with Gasteiger partial charge in [-0.1, -0.05) is 31.5 Å². The van der Waals surface area contributed by atoms with Crippen molar-refractivity contribution in [2.75, 3.05) is 7.05 Å². The van der Waals surface area contributed by atoms with Gasteiger partial charge >= 0.3 is 0 Å². The van der Waals surface area contributed by atoms with Crippen molar-refractivity contribution in [3.8, 4) is 0 Å². The summed E-state index contributed by atoms with van der Waals surface area (Å²) >= 11 is 6.81. The lowest BCUT2D eigenvalue weighted by Gasteiger charge is -2.37. The fourth-order valence-corrected chi connectivity index (χ4v) is 3.78. The van der Waals surface area contributed by atoms with E-state index in [0.29, 0.717) is 11.5 Å². The number of aryl methyl sites for hydroxylation is 1. The second kappa shape index (κ2) is 6.18. The first kappa shape index (κ1) is 15.4. The average molecular weight is 311 g/mol. The molecule has 0 aliphatic heterocycles. The van der Waals surface area contributed by atoms with Crippen molar-refractivity contribution >= 4 is 34.5 Å². The summed E-state index contributed by atoms with van der Waals surface area (Å²) in [5, 5.41) is 3.01. The lowest BCUT2D eigenvalue weighted by molar-refractivity contribution is -0.139. The van der Waals surface area contributed by atoms with E-state index in [0.717, 1.165) is 42.8 Å². The summed E-state index contributed by atoms with van der Waals surface area (Å²) in [5.41, 5.74) is 6.21. The largest absolute Gasteiger partial charge is 0.392 e. The summed E-state index contributed by atoms with van der Waals surface area (Å²) < 4.78 is 0. The molecule has 0 bridgehead atoms.